The van der Waals surface area contributed by atoms with Crippen LogP contribution in [-0.4, -0.2) is 51.3 Å². The molecule has 2 fully saturated rings. The highest BCUT2D eigenvalue weighted by Crippen LogP contribution is 2.44. The molecule has 9 nitrogen and oxygen atoms in total. The van der Waals surface area contributed by atoms with Crippen LogP contribution in [0.25, 0.3) is 10.5 Å². The van der Waals surface area contributed by atoms with E-state index in [9.17, 15) is 9.59 Å². The number of carbonyl (C=O) groups is 2. The van der Waals surface area contributed by atoms with Crippen LogP contribution in [0.3, 0.4) is 0 Å². The summed E-state index contributed by atoms with van der Waals surface area (Å²) in [6.45, 7) is 19.7. The Morgan fingerprint density at radius 3 is 2.43 bits per heavy atom. The molecule has 1 saturated carbocycles. The van der Waals surface area contributed by atoms with E-state index in [1.807, 2.05) is 6.92 Å². The molecule has 2 aliphatic rings. The van der Waals surface area contributed by atoms with Crippen molar-refractivity contribution in [3.05, 3.63) is 22.8 Å². The number of likely N-dealkylation sites (tertiary alicyclic amines) is 1. The van der Waals surface area contributed by atoms with Gasteiger partial charge in [0.1, 0.15) is 11.5 Å². The average molecular weight is 484 g/mol. The molecular formula is C26H37N5O4. The minimum atomic E-state index is -0.511. The summed E-state index contributed by atoms with van der Waals surface area (Å²) in [4.78, 5) is 35.1. The number of nitrogens with one attached hydrogen (secondary N) is 1. The molecule has 190 valence electrons. The molecule has 2 atom stereocenters. The Morgan fingerprint density at radius 1 is 1.17 bits per heavy atom. The maximum atomic E-state index is 13.1. The van der Waals surface area contributed by atoms with Crippen LogP contribution in [0.2, 0.25) is 0 Å². The first-order valence-corrected chi connectivity index (χ1v) is 12.8. The number of aromatic nitrogens is 3. The van der Waals surface area contributed by atoms with Crippen LogP contribution < -0.4 is 4.74 Å². The number of hydrogen-bond donors (Lipinski definition) is 1. The van der Waals surface area contributed by atoms with Crippen molar-refractivity contribution in [2.45, 2.75) is 66.7 Å². The van der Waals surface area contributed by atoms with E-state index in [-0.39, 0.29) is 17.8 Å². The molecule has 1 amide bonds. The van der Waals surface area contributed by atoms with Crippen LogP contribution in [0.5, 0.6) is 5.88 Å². The molecule has 2 aromatic rings. The highest BCUT2D eigenvalue weighted by molar-refractivity contribution is 5.79. The Labute approximate surface area is 207 Å². The molecule has 2 aromatic heterocycles. The van der Waals surface area contributed by atoms with Crippen molar-refractivity contribution in [3.63, 3.8) is 0 Å². The molecule has 0 bridgehead atoms. The van der Waals surface area contributed by atoms with Crippen molar-refractivity contribution in [2.24, 2.45) is 29.6 Å². The third-order valence-corrected chi connectivity index (χ3v) is 7.84. The third-order valence-electron chi connectivity index (χ3n) is 7.84. The average Bonchev–Trinajstić information content (AvgIpc) is 3.31. The number of aryl methyl sites for hydroxylation is 1. The van der Waals surface area contributed by atoms with E-state index in [0.717, 1.165) is 12.0 Å². The number of rotatable bonds is 5. The number of piperidine rings is 1. The highest BCUT2D eigenvalue weighted by atomic mass is 16.6. The Hall–Kier alpha value is -3.02. The lowest BCUT2D eigenvalue weighted by molar-refractivity contribution is -0.149. The van der Waals surface area contributed by atoms with Gasteiger partial charge in [0, 0.05) is 18.7 Å². The summed E-state index contributed by atoms with van der Waals surface area (Å²) in [6.07, 6.45) is 3.67. The topological polar surface area (TPSA) is 93.3 Å². The van der Waals surface area contributed by atoms with Gasteiger partial charge in [-0.25, -0.2) is 19.1 Å². The Kier molecular flexibility index (Phi) is 7.39. The molecule has 1 aliphatic carbocycles. The van der Waals surface area contributed by atoms with E-state index in [1.54, 1.807) is 16.3 Å². The van der Waals surface area contributed by atoms with Gasteiger partial charge in [-0.2, -0.15) is 0 Å². The zero-order valence-corrected chi connectivity index (χ0v) is 21.5. The number of fused-ring (bicyclic) bond motifs is 1. The number of amides is 1. The quantitative estimate of drug-likeness (QED) is 0.469. The van der Waals surface area contributed by atoms with Gasteiger partial charge >= 0.3 is 12.1 Å². The summed E-state index contributed by atoms with van der Waals surface area (Å²) in [6, 6.07) is 0. The van der Waals surface area contributed by atoms with Crippen LogP contribution in [0.15, 0.2) is 0 Å². The molecular weight excluding hydrogens is 446 g/mol. The maximum absolute atomic E-state index is 13.1. The maximum Gasteiger partial charge on any atom is 0.415 e. The lowest BCUT2D eigenvalue weighted by Crippen LogP contribution is -2.42. The lowest BCUT2D eigenvalue weighted by Gasteiger charge is -2.38. The SMILES string of the molecule is [C-]#[N+]c1c(CC2C(C)CC(C)CC2C)c2nc(C)[nH]n2c1OC(=O)N1CCC(C(=O)OCC)CC1. The van der Waals surface area contributed by atoms with Crippen molar-refractivity contribution >= 4 is 23.4 Å². The van der Waals surface area contributed by atoms with Crippen LogP contribution in [0, 0.1) is 43.1 Å². The van der Waals surface area contributed by atoms with Gasteiger partial charge < -0.3 is 14.4 Å². The molecule has 3 heterocycles. The summed E-state index contributed by atoms with van der Waals surface area (Å²) in [5, 5.41) is 3.14. The number of esters is 1. The molecule has 0 aromatic carbocycles. The summed E-state index contributed by atoms with van der Waals surface area (Å²) in [5.41, 5.74) is 1.87. The van der Waals surface area contributed by atoms with Gasteiger partial charge in [-0.15, -0.1) is 0 Å². The van der Waals surface area contributed by atoms with E-state index < -0.39 is 6.09 Å². The number of aromatic amines is 1. The van der Waals surface area contributed by atoms with Crippen LogP contribution in [0.4, 0.5) is 10.5 Å². The minimum Gasteiger partial charge on any atom is -0.466 e. The third kappa shape index (κ3) is 5.02. The fourth-order valence-electron chi connectivity index (χ4n) is 6.16. The molecule has 1 N–H and O–H groups in total. The summed E-state index contributed by atoms with van der Waals surface area (Å²) < 4.78 is 12.6. The molecule has 0 spiro atoms. The van der Waals surface area contributed by atoms with Gasteiger partial charge in [0.05, 0.1) is 19.1 Å². The fourth-order valence-corrected chi connectivity index (χ4v) is 6.16. The monoisotopic (exact) mass is 483 g/mol. The predicted molar refractivity (Wildman–Crippen MR) is 131 cm³/mol. The lowest BCUT2D eigenvalue weighted by atomic mass is 9.67. The van der Waals surface area contributed by atoms with Crippen LogP contribution >= 0.6 is 0 Å². The number of ether oxygens (including phenoxy) is 2. The minimum absolute atomic E-state index is 0.193. The number of nitrogens with zero attached hydrogens (tertiary/aromatic N) is 4. The van der Waals surface area contributed by atoms with Gasteiger partial charge in [0.25, 0.3) is 5.69 Å². The van der Waals surface area contributed by atoms with Gasteiger partial charge in [0.15, 0.2) is 0 Å². The van der Waals surface area contributed by atoms with Gasteiger partial charge in [-0.05, 0) is 69.6 Å². The van der Waals surface area contributed by atoms with Crippen molar-refractivity contribution in [1.82, 2.24) is 19.5 Å². The Morgan fingerprint density at radius 2 is 1.83 bits per heavy atom. The van der Waals surface area contributed by atoms with E-state index in [2.05, 4.69) is 35.7 Å². The first-order valence-electron chi connectivity index (χ1n) is 12.8. The summed E-state index contributed by atoms with van der Waals surface area (Å²) in [5.74, 6) is 2.76. The molecule has 4 rings (SSSR count). The Balaban J connectivity index is 1.55. The molecule has 2 unspecified atom stereocenters. The largest absolute Gasteiger partial charge is 0.466 e. The molecule has 1 saturated heterocycles. The zero-order valence-electron chi connectivity index (χ0n) is 21.5. The smallest absolute Gasteiger partial charge is 0.415 e. The van der Waals surface area contributed by atoms with E-state index in [0.29, 0.717) is 73.4 Å². The van der Waals surface area contributed by atoms with Crippen molar-refractivity contribution in [3.8, 4) is 5.88 Å². The second-order valence-electron chi connectivity index (χ2n) is 10.5. The number of hydrogen-bond acceptors (Lipinski definition) is 5. The molecule has 0 radical (unpaired) electrons. The fraction of sp³-hybridized carbons (Fsp3) is 0.692. The first-order chi connectivity index (χ1) is 16.7. The van der Waals surface area contributed by atoms with E-state index in [1.165, 1.54) is 12.8 Å². The summed E-state index contributed by atoms with van der Waals surface area (Å²) in [7, 11) is 0. The Bertz CT molecular complexity index is 1110. The van der Waals surface area contributed by atoms with Crippen molar-refractivity contribution in [2.75, 3.05) is 19.7 Å². The standard InChI is InChI=1S/C26H37N5O4/c1-7-34-25(32)19-8-10-30(11-9-19)26(33)35-24-22(27-6)21(23-28-18(5)29-31(23)24)14-20-16(3)12-15(2)13-17(20)4/h15-17,19-20H,7-14H2,1-5H3,(H,28,29). The van der Waals surface area contributed by atoms with Gasteiger partial charge in [0.2, 0.25) is 5.88 Å². The van der Waals surface area contributed by atoms with E-state index >= 15 is 0 Å². The van der Waals surface area contributed by atoms with Gasteiger partial charge in [-0.1, -0.05) is 20.8 Å². The van der Waals surface area contributed by atoms with Crippen molar-refractivity contribution in [1.29, 1.82) is 0 Å². The molecule has 9 heteroatoms. The normalized spacial score (nSPS) is 25.4. The number of carbonyl (C=O) groups excluding carboxylic acids is 2. The summed E-state index contributed by atoms with van der Waals surface area (Å²) >= 11 is 0. The second kappa shape index (κ2) is 10.3. The van der Waals surface area contributed by atoms with Gasteiger partial charge in [-0.3, -0.25) is 9.89 Å². The number of H-pyrrole nitrogens is 1. The first kappa shape index (κ1) is 25.1. The molecule has 35 heavy (non-hydrogen) atoms. The predicted octanol–water partition coefficient (Wildman–Crippen LogP) is 5.16. The van der Waals surface area contributed by atoms with Crippen molar-refractivity contribution < 1.29 is 19.1 Å². The second-order valence-corrected chi connectivity index (χ2v) is 10.5. The zero-order chi connectivity index (χ0) is 25.3. The van der Waals surface area contributed by atoms with E-state index in [4.69, 9.17) is 16.0 Å². The molecule has 1 aliphatic heterocycles. The highest BCUT2D eigenvalue weighted by Gasteiger charge is 2.35. The van der Waals surface area contributed by atoms with Crippen LogP contribution in [0.1, 0.15) is 64.8 Å². The van der Waals surface area contributed by atoms with Crippen LogP contribution in [-0.2, 0) is 16.0 Å².